The Morgan fingerprint density at radius 1 is 1.08 bits per heavy atom. The summed E-state index contributed by atoms with van der Waals surface area (Å²) in [6, 6.07) is 17.2. The van der Waals surface area contributed by atoms with Crippen LogP contribution in [-0.2, 0) is 11.3 Å². The van der Waals surface area contributed by atoms with Gasteiger partial charge in [-0.05, 0) is 43.3 Å². The van der Waals surface area contributed by atoms with Crippen molar-refractivity contribution in [2.75, 3.05) is 38.3 Å². The highest BCUT2D eigenvalue weighted by Crippen LogP contribution is 2.27. The topological polar surface area (TPSA) is 15.7 Å². The summed E-state index contributed by atoms with van der Waals surface area (Å²) in [5.41, 5.74) is 3.98. The van der Waals surface area contributed by atoms with Crippen molar-refractivity contribution in [1.29, 1.82) is 0 Å². The van der Waals surface area contributed by atoms with Crippen molar-refractivity contribution in [3.63, 3.8) is 0 Å². The second-order valence-electron chi connectivity index (χ2n) is 6.37. The summed E-state index contributed by atoms with van der Waals surface area (Å²) in [6.45, 7) is 6.70. The van der Waals surface area contributed by atoms with Crippen molar-refractivity contribution < 1.29 is 4.74 Å². The van der Waals surface area contributed by atoms with E-state index in [2.05, 4.69) is 60.2 Å². The first-order chi connectivity index (χ1) is 11.6. The Kier molecular flexibility index (Phi) is 5.77. The van der Waals surface area contributed by atoms with Crippen molar-refractivity contribution in [1.82, 2.24) is 4.90 Å². The van der Waals surface area contributed by atoms with Crippen LogP contribution in [0.1, 0.15) is 24.1 Å². The minimum Gasteiger partial charge on any atom is -0.378 e. The van der Waals surface area contributed by atoms with Crippen LogP contribution in [0.5, 0.6) is 0 Å². The summed E-state index contributed by atoms with van der Waals surface area (Å²) in [4.78, 5) is 4.81. The molecule has 0 aliphatic carbocycles. The van der Waals surface area contributed by atoms with E-state index in [-0.39, 0.29) is 0 Å². The summed E-state index contributed by atoms with van der Waals surface area (Å²) in [6.07, 6.45) is 0. The number of nitrogens with zero attached hydrogens (tertiary/aromatic N) is 2. The minimum absolute atomic E-state index is 0.333. The molecular formula is C20H25ClN2O. The molecule has 1 heterocycles. The molecule has 0 aromatic heterocycles. The zero-order valence-corrected chi connectivity index (χ0v) is 15.2. The molecule has 1 unspecified atom stereocenters. The Bertz CT molecular complexity index is 653. The Morgan fingerprint density at radius 2 is 1.75 bits per heavy atom. The van der Waals surface area contributed by atoms with Crippen LogP contribution in [-0.4, -0.2) is 38.3 Å². The van der Waals surface area contributed by atoms with Gasteiger partial charge in [0.25, 0.3) is 0 Å². The Morgan fingerprint density at radius 3 is 2.46 bits per heavy atom. The second kappa shape index (κ2) is 8.02. The molecule has 2 aromatic rings. The standard InChI is InChI=1S/C20H25ClN2O/c1-16(17-7-9-19(21)10-8-17)22(2)15-18-5-3-4-6-20(18)23-11-13-24-14-12-23/h3-10,16H,11-15H2,1-2H3. The van der Waals surface area contributed by atoms with Gasteiger partial charge in [-0.1, -0.05) is 41.9 Å². The van der Waals surface area contributed by atoms with Gasteiger partial charge in [0.15, 0.2) is 0 Å². The maximum atomic E-state index is 6.00. The molecule has 1 atom stereocenters. The van der Waals surface area contributed by atoms with Gasteiger partial charge in [-0.25, -0.2) is 0 Å². The lowest BCUT2D eigenvalue weighted by molar-refractivity contribution is 0.122. The maximum Gasteiger partial charge on any atom is 0.0642 e. The van der Waals surface area contributed by atoms with Crippen LogP contribution < -0.4 is 4.90 Å². The fraction of sp³-hybridized carbons (Fsp3) is 0.400. The minimum atomic E-state index is 0.333. The van der Waals surface area contributed by atoms with E-state index in [9.17, 15) is 0 Å². The molecule has 3 nitrogen and oxygen atoms in total. The van der Waals surface area contributed by atoms with Gasteiger partial charge in [0.2, 0.25) is 0 Å². The van der Waals surface area contributed by atoms with Gasteiger partial charge >= 0.3 is 0 Å². The van der Waals surface area contributed by atoms with Crippen LogP contribution >= 0.6 is 11.6 Å². The number of benzene rings is 2. The van der Waals surface area contributed by atoms with E-state index in [4.69, 9.17) is 16.3 Å². The molecule has 128 valence electrons. The van der Waals surface area contributed by atoms with Crippen molar-refractivity contribution >= 4 is 17.3 Å². The molecule has 1 aliphatic heterocycles. The summed E-state index contributed by atoms with van der Waals surface area (Å²) in [5, 5.41) is 0.784. The monoisotopic (exact) mass is 344 g/mol. The van der Waals surface area contributed by atoms with Crippen molar-refractivity contribution in [3.05, 3.63) is 64.7 Å². The molecule has 24 heavy (non-hydrogen) atoms. The predicted octanol–water partition coefficient (Wildman–Crippen LogP) is 4.37. The van der Waals surface area contributed by atoms with E-state index in [1.807, 2.05) is 12.1 Å². The summed E-state index contributed by atoms with van der Waals surface area (Å²) >= 11 is 6.00. The number of para-hydroxylation sites is 1. The van der Waals surface area contributed by atoms with E-state index in [1.165, 1.54) is 16.8 Å². The lowest BCUT2D eigenvalue weighted by atomic mass is 10.1. The number of anilines is 1. The molecule has 0 radical (unpaired) electrons. The highest BCUT2D eigenvalue weighted by atomic mass is 35.5. The van der Waals surface area contributed by atoms with Gasteiger partial charge < -0.3 is 9.64 Å². The molecule has 1 saturated heterocycles. The van der Waals surface area contributed by atoms with Gasteiger partial charge in [-0.15, -0.1) is 0 Å². The SMILES string of the molecule is CC(c1ccc(Cl)cc1)N(C)Cc1ccccc1N1CCOCC1. The first-order valence-corrected chi connectivity index (χ1v) is 8.89. The first kappa shape index (κ1) is 17.3. The predicted molar refractivity (Wildman–Crippen MR) is 101 cm³/mol. The Labute approximate surface area is 149 Å². The largest absolute Gasteiger partial charge is 0.378 e. The highest BCUT2D eigenvalue weighted by Gasteiger charge is 2.17. The smallest absolute Gasteiger partial charge is 0.0642 e. The quantitative estimate of drug-likeness (QED) is 0.801. The normalized spacial score (nSPS) is 16.4. The van der Waals surface area contributed by atoms with Gasteiger partial charge in [0, 0.05) is 36.4 Å². The first-order valence-electron chi connectivity index (χ1n) is 8.51. The highest BCUT2D eigenvalue weighted by molar-refractivity contribution is 6.30. The van der Waals surface area contributed by atoms with E-state index in [0.29, 0.717) is 6.04 Å². The van der Waals surface area contributed by atoms with E-state index in [0.717, 1.165) is 37.9 Å². The average Bonchev–Trinajstić information content (AvgIpc) is 2.63. The number of halogens is 1. The van der Waals surface area contributed by atoms with Crippen molar-refractivity contribution in [2.24, 2.45) is 0 Å². The van der Waals surface area contributed by atoms with Crippen LogP contribution in [0, 0.1) is 0 Å². The lowest BCUT2D eigenvalue weighted by Gasteiger charge is -2.32. The lowest BCUT2D eigenvalue weighted by Crippen LogP contribution is -2.37. The van der Waals surface area contributed by atoms with Crippen LogP contribution in [0.3, 0.4) is 0 Å². The molecule has 3 rings (SSSR count). The van der Waals surface area contributed by atoms with Crippen LogP contribution in [0.25, 0.3) is 0 Å². The number of hydrogen-bond acceptors (Lipinski definition) is 3. The fourth-order valence-electron chi connectivity index (χ4n) is 3.16. The molecule has 1 aliphatic rings. The summed E-state index contributed by atoms with van der Waals surface area (Å²) < 4.78 is 5.48. The maximum absolute atomic E-state index is 6.00. The van der Waals surface area contributed by atoms with Gasteiger partial charge in [0.05, 0.1) is 13.2 Å². The van der Waals surface area contributed by atoms with Crippen LogP contribution in [0.2, 0.25) is 5.02 Å². The Hall–Kier alpha value is -1.55. The molecule has 1 fully saturated rings. The van der Waals surface area contributed by atoms with E-state index >= 15 is 0 Å². The van der Waals surface area contributed by atoms with E-state index < -0.39 is 0 Å². The molecular weight excluding hydrogens is 320 g/mol. The molecule has 0 saturated carbocycles. The molecule has 0 N–H and O–H groups in total. The molecule has 4 heteroatoms. The van der Waals surface area contributed by atoms with Crippen molar-refractivity contribution in [3.8, 4) is 0 Å². The summed E-state index contributed by atoms with van der Waals surface area (Å²) in [5.74, 6) is 0. The number of morpholine rings is 1. The van der Waals surface area contributed by atoms with Crippen LogP contribution in [0.15, 0.2) is 48.5 Å². The number of rotatable bonds is 5. The molecule has 0 bridgehead atoms. The second-order valence-corrected chi connectivity index (χ2v) is 6.81. The van der Waals surface area contributed by atoms with Gasteiger partial charge in [-0.3, -0.25) is 4.90 Å². The fourth-order valence-corrected chi connectivity index (χ4v) is 3.28. The molecule has 0 amide bonds. The average molecular weight is 345 g/mol. The zero-order valence-electron chi connectivity index (χ0n) is 14.4. The van der Waals surface area contributed by atoms with E-state index in [1.54, 1.807) is 0 Å². The number of ether oxygens (including phenoxy) is 1. The third kappa shape index (κ3) is 4.10. The van der Waals surface area contributed by atoms with Gasteiger partial charge in [0.1, 0.15) is 0 Å². The third-order valence-electron chi connectivity index (χ3n) is 4.78. The summed E-state index contributed by atoms with van der Waals surface area (Å²) in [7, 11) is 2.18. The number of hydrogen-bond donors (Lipinski definition) is 0. The van der Waals surface area contributed by atoms with Crippen molar-refractivity contribution in [2.45, 2.75) is 19.5 Å². The van der Waals surface area contributed by atoms with Crippen LogP contribution in [0.4, 0.5) is 5.69 Å². The molecule has 2 aromatic carbocycles. The van der Waals surface area contributed by atoms with Gasteiger partial charge in [-0.2, -0.15) is 0 Å². The molecule has 0 spiro atoms. The Balaban J connectivity index is 1.74. The zero-order chi connectivity index (χ0) is 16.9. The third-order valence-corrected chi connectivity index (χ3v) is 5.03.